The summed E-state index contributed by atoms with van der Waals surface area (Å²) in [7, 11) is -3.46. The van der Waals surface area contributed by atoms with Gasteiger partial charge in [0.2, 0.25) is 15.9 Å². The van der Waals surface area contributed by atoms with E-state index in [0.29, 0.717) is 24.7 Å². The lowest BCUT2D eigenvalue weighted by Crippen LogP contribution is -2.30. The summed E-state index contributed by atoms with van der Waals surface area (Å²) in [6, 6.07) is 14.3. The standard InChI is InChI=1S/C21H25ClN2O3S/c1-3-24(4-2)28(26,27)16-11-9-15(10-12-16)14-23-21(25)19-13-18(19)17-7-5-6-8-20(17)22/h5-12,18-19H,3-4,13-14H2,1-2H3,(H,23,25). The topological polar surface area (TPSA) is 66.5 Å². The molecule has 0 aromatic heterocycles. The van der Waals surface area contributed by atoms with Crippen LogP contribution in [0.2, 0.25) is 5.02 Å². The van der Waals surface area contributed by atoms with Gasteiger partial charge >= 0.3 is 0 Å². The van der Waals surface area contributed by atoms with Gasteiger partial charge in [0.15, 0.2) is 0 Å². The summed E-state index contributed by atoms with van der Waals surface area (Å²) in [5, 5.41) is 3.64. The number of benzene rings is 2. The van der Waals surface area contributed by atoms with Gasteiger partial charge in [-0.3, -0.25) is 4.79 Å². The van der Waals surface area contributed by atoms with Crippen molar-refractivity contribution in [3.63, 3.8) is 0 Å². The Hall–Kier alpha value is -1.89. The number of rotatable bonds is 8. The Morgan fingerprint density at radius 1 is 1.11 bits per heavy atom. The minimum Gasteiger partial charge on any atom is -0.352 e. The van der Waals surface area contributed by atoms with Gasteiger partial charge in [0.05, 0.1) is 4.90 Å². The van der Waals surface area contributed by atoms with E-state index in [2.05, 4.69) is 5.32 Å². The molecule has 1 N–H and O–H groups in total. The summed E-state index contributed by atoms with van der Waals surface area (Å²) in [6.07, 6.45) is 0.802. The van der Waals surface area contributed by atoms with E-state index < -0.39 is 10.0 Å². The maximum atomic E-state index is 12.5. The molecule has 0 saturated heterocycles. The first kappa shape index (κ1) is 20.8. The number of hydrogen-bond acceptors (Lipinski definition) is 3. The zero-order chi connectivity index (χ0) is 20.3. The first-order chi connectivity index (χ1) is 13.4. The predicted octanol–water partition coefficient (Wildman–Crippen LogP) is 3.79. The van der Waals surface area contributed by atoms with Crippen LogP contribution in [0.5, 0.6) is 0 Å². The summed E-state index contributed by atoms with van der Waals surface area (Å²) < 4.78 is 26.4. The van der Waals surface area contributed by atoms with Gasteiger partial charge in [-0.25, -0.2) is 8.42 Å². The fourth-order valence-corrected chi connectivity index (χ4v) is 5.15. The molecular weight excluding hydrogens is 396 g/mol. The number of carbonyl (C=O) groups excluding carboxylic acids is 1. The number of hydrogen-bond donors (Lipinski definition) is 1. The molecule has 1 fully saturated rings. The highest BCUT2D eigenvalue weighted by molar-refractivity contribution is 7.89. The van der Waals surface area contributed by atoms with Crippen LogP contribution in [0, 0.1) is 5.92 Å². The molecule has 2 unspecified atom stereocenters. The Bertz CT molecular complexity index is 940. The fraction of sp³-hybridized carbons (Fsp3) is 0.381. The van der Waals surface area contributed by atoms with Crippen molar-refractivity contribution in [1.29, 1.82) is 0 Å². The second kappa shape index (κ2) is 8.64. The van der Waals surface area contributed by atoms with Crippen molar-refractivity contribution in [2.24, 2.45) is 5.92 Å². The number of carbonyl (C=O) groups is 1. The van der Waals surface area contributed by atoms with Crippen molar-refractivity contribution in [2.45, 2.75) is 37.6 Å². The van der Waals surface area contributed by atoms with Crippen LogP contribution < -0.4 is 5.32 Å². The molecule has 1 saturated carbocycles. The molecular formula is C21H25ClN2O3S. The molecule has 0 aliphatic heterocycles. The van der Waals surface area contributed by atoms with Crippen LogP contribution in [0.25, 0.3) is 0 Å². The molecule has 0 radical (unpaired) electrons. The largest absolute Gasteiger partial charge is 0.352 e. The number of sulfonamides is 1. The second-order valence-corrected chi connectivity index (χ2v) is 9.27. The normalized spacial score (nSPS) is 18.9. The molecule has 28 heavy (non-hydrogen) atoms. The lowest BCUT2D eigenvalue weighted by Gasteiger charge is -2.18. The molecule has 0 bridgehead atoms. The quantitative estimate of drug-likeness (QED) is 0.706. The zero-order valence-corrected chi connectivity index (χ0v) is 17.6. The Morgan fingerprint density at radius 2 is 1.75 bits per heavy atom. The van der Waals surface area contributed by atoms with Gasteiger partial charge in [0.1, 0.15) is 0 Å². The SMILES string of the molecule is CCN(CC)S(=O)(=O)c1ccc(CNC(=O)C2CC2c2ccccc2Cl)cc1. The van der Waals surface area contributed by atoms with Gasteiger partial charge < -0.3 is 5.32 Å². The summed E-state index contributed by atoms with van der Waals surface area (Å²) in [6.45, 7) is 4.88. The Balaban J connectivity index is 1.57. The van der Waals surface area contributed by atoms with Gasteiger partial charge in [-0.2, -0.15) is 4.31 Å². The van der Waals surface area contributed by atoms with Crippen LogP contribution in [-0.4, -0.2) is 31.7 Å². The molecule has 1 aliphatic carbocycles. The predicted molar refractivity (Wildman–Crippen MR) is 111 cm³/mol. The molecule has 7 heteroatoms. The number of nitrogens with one attached hydrogen (secondary N) is 1. The summed E-state index contributed by atoms with van der Waals surface area (Å²) >= 11 is 6.21. The highest BCUT2D eigenvalue weighted by atomic mass is 35.5. The van der Waals surface area contributed by atoms with Crippen LogP contribution in [0.3, 0.4) is 0 Å². The summed E-state index contributed by atoms with van der Waals surface area (Å²) in [5.74, 6) is 0.127. The first-order valence-electron chi connectivity index (χ1n) is 9.49. The average Bonchev–Trinajstić information content (AvgIpc) is 3.48. The van der Waals surface area contributed by atoms with E-state index >= 15 is 0 Å². The third-order valence-electron chi connectivity index (χ3n) is 5.17. The molecule has 3 rings (SSSR count). The van der Waals surface area contributed by atoms with Crippen molar-refractivity contribution in [3.05, 3.63) is 64.7 Å². The van der Waals surface area contributed by atoms with Crippen molar-refractivity contribution in [2.75, 3.05) is 13.1 Å². The number of halogens is 1. The van der Waals surface area contributed by atoms with Gasteiger partial charge in [0.25, 0.3) is 0 Å². The molecule has 1 amide bonds. The van der Waals surface area contributed by atoms with Gasteiger partial charge in [-0.05, 0) is 41.7 Å². The van der Waals surface area contributed by atoms with Crippen LogP contribution in [0.15, 0.2) is 53.4 Å². The molecule has 2 aromatic rings. The Kier molecular flexibility index (Phi) is 6.43. The van der Waals surface area contributed by atoms with Gasteiger partial charge in [0, 0.05) is 30.6 Å². The molecule has 150 valence electrons. The lowest BCUT2D eigenvalue weighted by molar-refractivity contribution is -0.122. The van der Waals surface area contributed by atoms with Gasteiger partial charge in [-0.1, -0.05) is 55.8 Å². The Labute approximate surface area is 171 Å². The molecule has 2 atom stereocenters. The van der Waals surface area contributed by atoms with Gasteiger partial charge in [-0.15, -0.1) is 0 Å². The highest BCUT2D eigenvalue weighted by Crippen LogP contribution is 2.49. The van der Waals surface area contributed by atoms with E-state index in [1.54, 1.807) is 24.3 Å². The minimum atomic E-state index is -3.46. The minimum absolute atomic E-state index is 0.00441. The highest BCUT2D eigenvalue weighted by Gasteiger charge is 2.44. The Morgan fingerprint density at radius 3 is 2.36 bits per heavy atom. The average molecular weight is 421 g/mol. The maximum Gasteiger partial charge on any atom is 0.243 e. The third-order valence-corrected chi connectivity index (χ3v) is 7.57. The number of nitrogens with zero attached hydrogens (tertiary/aromatic N) is 1. The monoisotopic (exact) mass is 420 g/mol. The molecule has 5 nitrogen and oxygen atoms in total. The van der Waals surface area contributed by atoms with Crippen LogP contribution in [-0.2, 0) is 21.4 Å². The van der Waals surface area contributed by atoms with Crippen LogP contribution >= 0.6 is 11.6 Å². The summed E-state index contributed by atoms with van der Waals surface area (Å²) in [4.78, 5) is 12.7. The third kappa shape index (κ3) is 4.40. The maximum absolute atomic E-state index is 12.5. The van der Waals surface area contributed by atoms with Crippen LogP contribution in [0.1, 0.15) is 37.3 Å². The van der Waals surface area contributed by atoms with Crippen molar-refractivity contribution in [1.82, 2.24) is 9.62 Å². The smallest absolute Gasteiger partial charge is 0.243 e. The van der Waals surface area contributed by atoms with Crippen LogP contribution in [0.4, 0.5) is 0 Å². The summed E-state index contributed by atoms with van der Waals surface area (Å²) in [5.41, 5.74) is 1.89. The van der Waals surface area contributed by atoms with E-state index in [1.807, 2.05) is 38.1 Å². The van der Waals surface area contributed by atoms with E-state index in [-0.39, 0.29) is 22.6 Å². The fourth-order valence-electron chi connectivity index (χ4n) is 3.42. The van der Waals surface area contributed by atoms with Crippen molar-refractivity contribution < 1.29 is 13.2 Å². The zero-order valence-electron chi connectivity index (χ0n) is 16.1. The molecule has 2 aromatic carbocycles. The lowest BCUT2D eigenvalue weighted by atomic mass is 10.1. The second-order valence-electron chi connectivity index (χ2n) is 6.92. The van der Waals surface area contributed by atoms with Crippen molar-refractivity contribution in [3.8, 4) is 0 Å². The molecule has 0 heterocycles. The molecule has 0 spiro atoms. The molecule has 1 aliphatic rings. The van der Waals surface area contributed by atoms with E-state index in [1.165, 1.54) is 4.31 Å². The van der Waals surface area contributed by atoms with E-state index in [0.717, 1.165) is 17.5 Å². The number of amides is 1. The van der Waals surface area contributed by atoms with E-state index in [9.17, 15) is 13.2 Å². The van der Waals surface area contributed by atoms with Crippen molar-refractivity contribution >= 4 is 27.5 Å². The van der Waals surface area contributed by atoms with E-state index in [4.69, 9.17) is 11.6 Å². The first-order valence-corrected chi connectivity index (χ1v) is 11.3.